The standard InChI is InChI=1S/C16H19N5O5/c1-10-7-11(2)20(18-10)6-5-17-15(22)12-8-19(9-12)16(23)13-3-4-14(26-13)21(24)25/h3-4,7,12H,5-6,8-9H2,1-2H3,(H,17,22). The van der Waals surface area contributed by atoms with E-state index in [1.54, 1.807) is 0 Å². The number of nitrogens with one attached hydrogen (secondary N) is 1. The highest BCUT2D eigenvalue weighted by molar-refractivity contribution is 5.94. The number of hydrogen-bond donors (Lipinski definition) is 1. The molecule has 1 fully saturated rings. The Labute approximate surface area is 148 Å². The molecule has 0 aromatic carbocycles. The van der Waals surface area contributed by atoms with Gasteiger partial charge < -0.3 is 14.6 Å². The Morgan fingerprint density at radius 2 is 2.12 bits per heavy atom. The SMILES string of the molecule is Cc1cc(C)n(CCNC(=O)C2CN(C(=O)c3ccc([N+](=O)[O-])o3)C2)n1. The van der Waals surface area contributed by atoms with E-state index in [1.165, 1.54) is 11.0 Å². The predicted octanol–water partition coefficient (Wildman–Crippen LogP) is 0.890. The summed E-state index contributed by atoms with van der Waals surface area (Å²) in [5.74, 6) is -1.44. The summed E-state index contributed by atoms with van der Waals surface area (Å²) in [6, 6.07) is 4.37. The normalized spacial score (nSPS) is 14.2. The van der Waals surface area contributed by atoms with Crippen molar-refractivity contribution >= 4 is 17.7 Å². The molecule has 2 aromatic rings. The number of rotatable bonds is 6. The van der Waals surface area contributed by atoms with E-state index in [1.807, 2.05) is 24.6 Å². The summed E-state index contributed by atoms with van der Waals surface area (Å²) in [4.78, 5) is 35.6. The molecule has 1 aliphatic rings. The van der Waals surface area contributed by atoms with Gasteiger partial charge in [-0.05, 0) is 26.0 Å². The van der Waals surface area contributed by atoms with E-state index in [-0.39, 0.29) is 30.7 Å². The van der Waals surface area contributed by atoms with E-state index in [0.29, 0.717) is 13.1 Å². The summed E-state index contributed by atoms with van der Waals surface area (Å²) >= 11 is 0. The van der Waals surface area contributed by atoms with Crippen LogP contribution in [-0.2, 0) is 11.3 Å². The van der Waals surface area contributed by atoms with Gasteiger partial charge in [-0.1, -0.05) is 0 Å². The average Bonchev–Trinajstić information content (AvgIpc) is 3.13. The summed E-state index contributed by atoms with van der Waals surface area (Å²) < 4.78 is 6.72. The Morgan fingerprint density at radius 1 is 1.38 bits per heavy atom. The molecule has 138 valence electrons. The molecule has 26 heavy (non-hydrogen) atoms. The van der Waals surface area contributed by atoms with Gasteiger partial charge in [0.15, 0.2) is 5.76 Å². The lowest BCUT2D eigenvalue weighted by Crippen LogP contribution is -2.55. The van der Waals surface area contributed by atoms with E-state index in [9.17, 15) is 19.7 Å². The molecule has 0 unspecified atom stereocenters. The van der Waals surface area contributed by atoms with E-state index >= 15 is 0 Å². The molecule has 1 N–H and O–H groups in total. The summed E-state index contributed by atoms with van der Waals surface area (Å²) in [6.45, 7) is 5.43. The Morgan fingerprint density at radius 3 is 2.69 bits per heavy atom. The van der Waals surface area contributed by atoms with Crippen molar-refractivity contribution in [2.45, 2.75) is 20.4 Å². The zero-order valence-corrected chi connectivity index (χ0v) is 14.5. The molecule has 10 nitrogen and oxygen atoms in total. The molecule has 0 radical (unpaired) electrons. The number of aryl methyl sites for hydroxylation is 2. The van der Waals surface area contributed by atoms with Crippen molar-refractivity contribution in [1.29, 1.82) is 0 Å². The van der Waals surface area contributed by atoms with Gasteiger partial charge in [-0.25, -0.2) is 0 Å². The third-order valence-corrected chi connectivity index (χ3v) is 4.25. The molecule has 1 aliphatic heterocycles. The van der Waals surface area contributed by atoms with Gasteiger partial charge in [-0.3, -0.25) is 24.4 Å². The van der Waals surface area contributed by atoms with Gasteiger partial charge in [0.05, 0.1) is 24.2 Å². The van der Waals surface area contributed by atoms with Gasteiger partial charge in [0.1, 0.15) is 4.92 Å². The smallest absolute Gasteiger partial charge is 0.395 e. The first kappa shape index (κ1) is 17.6. The van der Waals surface area contributed by atoms with E-state index < -0.39 is 16.7 Å². The van der Waals surface area contributed by atoms with Crippen LogP contribution in [0.1, 0.15) is 21.9 Å². The largest absolute Gasteiger partial charge is 0.433 e. The van der Waals surface area contributed by atoms with E-state index in [2.05, 4.69) is 10.4 Å². The number of hydrogen-bond acceptors (Lipinski definition) is 6. The molecule has 2 amide bonds. The maximum absolute atomic E-state index is 12.1. The number of nitrogens with zero attached hydrogens (tertiary/aromatic N) is 4. The second kappa shape index (κ2) is 6.98. The van der Waals surface area contributed by atoms with Crippen LogP contribution in [0.25, 0.3) is 0 Å². The van der Waals surface area contributed by atoms with Crippen molar-refractivity contribution in [2.24, 2.45) is 5.92 Å². The van der Waals surface area contributed by atoms with Gasteiger partial charge in [-0.15, -0.1) is 0 Å². The number of carbonyl (C=O) groups is 2. The van der Waals surface area contributed by atoms with E-state index in [0.717, 1.165) is 17.5 Å². The molecular weight excluding hydrogens is 342 g/mol. The minimum Gasteiger partial charge on any atom is -0.395 e. The Bertz CT molecular complexity index is 849. The minimum absolute atomic E-state index is 0.0971. The zero-order chi connectivity index (χ0) is 18.8. The van der Waals surface area contributed by atoms with Gasteiger partial charge in [0.2, 0.25) is 5.91 Å². The first-order valence-corrected chi connectivity index (χ1v) is 8.17. The van der Waals surface area contributed by atoms with Crippen molar-refractivity contribution in [3.63, 3.8) is 0 Å². The molecule has 3 heterocycles. The summed E-state index contributed by atoms with van der Waals surface area (Å²) in [5.41, 5.74) is 1.96. The zero-order valence-electron chi connectivity index (χ0n) is 14.5. The highest BCUT2D eigenvalue weighted by Gasteiger charge is 2.37. The minimum atomic E-state index is -0.702. The van der Waals surface area contributed by atoms with Crippen LogP contribution in [0.4, 0.5) is 5.88 Å². The van der Waals surface area contributed by atoms with Crippen molar-refractivity contribution in [2.75, 3.05) is 19.6 Å². The first-order valence-electron chi connectivity index (χ1n) is 8.17. The predicted molar refractivity (Wildman–Crippen MR) is 89.5 cm³/mol. The van der Waals surface area contributed by atoms with Crippen molar-refractivity contribution in [1.82, 2.24) is 20.0 Å². The van der Waals surface area contributed by atoms with Crippen LogP contribution < -0.4 is 5.32 Å². The number of nitro groups is 1. The van der Waals surface area contributed by atoms with Crippen LogP contribution >= 0.6 is 0 Å². The summed E-state index contributed by atoms with van der Waals surface area (Å²) in [6.07, 6.45) is 0. The summed E-state index contributed by atoms with van der Waals surface area (Å²) in [7, 11) is 0. The molecule has 0 bridgehead atoms. The Hall–Kier alpha value is -3.17. The molecular formula is C16H19N5O5. The van der Waals surface area contributed by atoms with Crippen LogP contribution in [0, 0.1) is 29.9 Å². The molecule has 1 saturated heterocycles. The highest BCUT2D eigenvalue weighted by Crippen LogP contribution is 2.22. The third-order valence-electron chi connectivity index (χ3n) is 4.25. The number of likely N-dealkylation sites (tertiary alicyclic amines) is 1. The van der Waals surface area contributed by atoms with Gasteiger partial charge >= 0.3 is 5.88 Å². The van der Waals surface area contributed by atoms with Crippen LogP contribution in [0.15, 0.2) is 22.6 Å². The van der Waals surface area contributed by atoms with Gasteiger partial charge in [0, 0.05) is 25.3 Å². The highest BCUT2D eigenvalue weighted by atomic mass is 16.6. The Balaban J connectivity index is 1.43. The Kier molecular flexibility index (Phi) is 4.74. The number of furan rings is 1. The molecule has 2 aromatic heterocycles. The fraction of sp³-hybridized carbons (Fsp3) is 0.438. The summed E-state index contributed by atoms with van der Waals surface area (Å²) in [5, 5.41) is 17.7. The molecule has 0 saturated carbocycles. The molecule has 0 aliphatic carbocycles. The number of amides is 2. The fourth-order valence-corrected chi connectivity index (χ4v) is 2.84. The first-order chi connectivity index (χ1) is 12.3. The lowest BCUT2D eigenvalue weighted by atomic mass is 9.99. The van der Waals surface area contributed by atoms with Gasteiger partial charge in [-0.2, -0.15) is 5.10 Å². The van der Waals surface area contributed by atoms with Crippen LogP contribution in [0.5, 0.6) is 0 Å². The molecule has 0 atom stereocenters. The number of aromatic nitrogens is 2. The van der Waals surface area contributed by atoms with Crippen molar-refractivity contribution in [3.8, 4) is 0 Å². The molecule has 0 spiro atoms. The fourth-order valence-electron chi connectivity index (χ4n) is 2.84. The second-order valence-corrected chi connectivity index (χ2v) is 6.24. The monoisotopic (exact) mass is 361 g/mol. The van der Waals surface area contributed by atoms with Crippen LogP contribution in [-0.4, -0.2) is 51.1 Å². The maximum Gasteiger partial charge on any atom is 0.433 e. The third kappa shape index (κ3) is 3.58. The lowest BCUT2D eigenvalue weighted by Gasteiger charge is -2.37. The average molecular weight is 361 g/mol. The van der Waals surface area contributed by atoms with Crippen LogP contribution in [0.2, 0.25) is 0 Å². The van der Waals surface area contributed by atoms with Crippen LogP contribution in [0.3, 0.4) is 0 Å². The maximum atomic E-state index is 12.1. The second-order valence-electron chi connectivity index (χ2n) is 6.24. The molecule has 3 rings (SSSR count). The molecule has 10 heteroatoms. The van der Waals surface area contributed by atoms with Crippen molar-refractivity contribution in [3.05, 3.63) is 45.5 Å². The van der Waals surface area contributed by atoms with E-state index in [4.69, 9.17) is 4.42 Å². The van der Waals surface area contributed by atoms with Gasteiger partial charge in [0.25, 0.3) is 5.91 Å². The lowest BCUT2D eigenvalue weighted by molar-refractivity contribution is -0.402. The van der Waals surface area contributed by atoms with Crippen molar-refractivity contribution < 1.29 is 18.9 Å². The number of carbonyl (C=O) groups excluding carboxylic acids is 2. The quantitative estimate of drug-likeness (QED) is 0.602. The topological polar surface area (TPSA) is 124 Å².